The van der Waals surface area contributed by atoms with Crippen molar-refractivity contribution in [1.29, 1.82) is 0 Å². The molecule has 1 aliphatic rings. The number of hydrogen-bond acceptors (Lipinski definition) is 2. The van der Waals surface area contributed by atoms with Gasteiger partial charge in [-0.1, -0.05) is 0 Å². The highest BCUT2D eigenvalue weighted by Crippen LogP contribution is 2.22. The average Bonchev–Trinajstić information content (AvgIpc) is 2.48. The number of nitrogens with zero attached hydrogens (tertiary/aromatic N) is 1. The highest BCUT2D eigenvalue weighted by atomic mass is 16.1. The van der Waals surface area contributed by atoms with Crippen LogP contribution in [0.5, 0.6) is 0 Å². The first-order valence-electron chi connectivity index (χ1n) is 4.69. The number of carbonyl (C=O) groups is 1. The van der Waals surface area contributed by atoms with Gasteiger partial charge in [-0.3, -0.25) is 9.78 Å². The zero-order valence-corrected chi connectivity index (χ0v) is 8.05. The van der Waals surface area contributed by atoms with Crippen LogP contribution < -0.4 is 0 Å². The second-order valence-electron chi connectivity index (χ2n) is 3.64. The van der Waals surface area contributed by atoms with Crippen molar-refractivity contribution < 1.29 is 4.79 Å². The molecule has 0 spiro atoms. The van der Waals surface area contributed by atoms with Crippen LogP contribution in [0.3, 0.4) is 0 Å². The van der Waals surface area contributed by atoms with E-state index in [-0.39, 0.29) is 5.78 Å². The number of fused-ring (bicyclic) bond motifs is 1. The lowest BCUT2D eigenvalue weighted by Gasteiger charge is -2.04. The van der Waals surface area contributed by atoms with Gasteiger partial charge in [-0.15, -0.1) is 0 Å². The summed E-state index contributed by atoms with van der Waals surface area (Å²) in [5, 5.41) is 0. The molecule has 1 aliphatic carbocycles. The fraction of sp³-hybridized carbons (Fsp3) is 0.455. The summed E-state index contributed by atoms with van der Waals surface area (Å²) in [6.07, 6.45) is 3.35. The smallest absolute Gasteiger partial charge is 0.161 e. The van der Waals surface area contributed by atoms with E-state index in [9.17, 15) is 4.79 Å². The largest absolute Gasteiger partial charge is 0.294 e. The number of aromatic nitrogens is 1. The molecule has 0 aromatic carbocycles. The molecule has 0 bridgehead atoms. The van der Waals surface area contributed by atoms with E-state index in [1.54, 1.807) is 6.92 Å². The maximum Gasteiger partial charge on any atom is 0.161 e. The first kappa shape index (κ1) is 8.42. The fourth-order valence-corrected chi connectivity index (χ4v) is 1.93. The highest BCUT2D eigenvalue weighted by molar-refractivity contribution is 5.95. The van der Waals surface area contributed by atoms with E-state index < -0.39 is 0 Å². The van der Waals surface area contributed by atoms with Crippen molar-refractivity contribution in [3.63, 3.8) is 0 Å². The Balaban J connectivity index is 2.55. The minimum atomic E-state index is 0.125. The Morgan fingerprint density at radius 3 is 2.92 bits per heavy atom. The number of pyridine rings is 1. The molecule has 0 saturated carbocycles. The summed E-state index contributed by atoms with van der Waals surface area (Å²) in [4.78, 5) is 15.7. The zero-order chi connectivity index (χ0) is 9.42. The fourth-order valence-electron chi connectivity index (χ4n) is 1.93. The van der Waals surface area contributed by atoms with Gasteiger partial charge in [0.15, 0.2) is 5.78 Å². The van der Waals surface area contributed by atoms with Crippen molar-refractivity contribution >= 4 is 5.78 Å². The lowest BCUT2D eigenvalue weighted by molar-refractivity contribution is 0.101. The quantitative estimate of drug-likeness (QED) is 0.612. The van der Waals surface area contributed by atoms with Gasteiger partial charge in [-0.25, -0.2) is 0 Å². The molecule has 0 saturated heterocycles. The number of carbonyl (C=O) groups excluding carboxylic acids is 1. The van der Waals surface area contributed by atoms with E-state index in [0.29, 0.717) is 0 Å². The maximum atomic E-state index is 11.2. The van der Waals surface area contributed by atoms with Crippen LogP contribution in [0.15, 0.2) is 6.07 Å². The SMILES string of the molecule is CC(=O)c1cc2c(nc1C)CCC2. The van der Waals surface area contributed by atoms with Crippen LogP contribution in [0.4, 0.5) is 0 Å². The van der Waals surface area contributed by atoms with E-state index in [4.69, 9.17) is 0 Å². The Hall–Kier alpha value is -1.18. The van der Waals surface area contributed by atoms with Crippen molar-refractivity contribution in [2.24, 2.45) is 0 Å². The van der Waals surface area contributed by atoms with E-state index in [1.165, 1.54) is 17.7 Å². The second-order valence-corrected chi connectivity index (χ2v) is 3.64. The average molecular weight is 175 g/mol. The molecule has 0 unspecified atom stereocenters. The number of ketones is 1. The number of Topliss-reactive ketones (excluding diaryl/α,β-unsaturated/α-hetero) is 1. The molecule has 0 N–H and O–H groups in total. The van der Waals surface area contributed by atoms with Gasteiger partial charge in [0, 0.05) is 17.0 Å². The van der Waals surface area contributed by atoms with Crippen LogP contribution >= 0.6 is 0 Å². The molecule has 0 aliphatic heterocycles. The Morgan fingerprint density at radius 2 is 2.23 bits per heavy atom. The summed E-state index contributed by atoms with van der Waals surface area (Å²) in [6, 6.07) is 2.02. The van der Waals surface area contributed by atoms with Gasteiger partial charge in [0.25, 0.3) is 0 Å². The molecule has 68 valence electrons. The van der Waals surface area contributed by atoms with Crippen molar-refractivity contribution in [2.75, 3.05) is 0 Å². The molecule has 2 heteroatoms. The predicted molar refractivity (Wildman–Crippen MR) is 51.0 cm³/mol. The van der Waals surface area contributed by atoms with Gasteiger partial charge in [-0.05, 0) is 44.7 Å². The van der Waals surface area contributed by atoms with E-state index in [2.05, 4.69) is 4.98 Å². The van der Waals surface area contributed by atoms with Crippen LogP contribution in [0.2, 0.25) is 0 Å². The van der Waals surface area contributed by atoms with Gasteiger partial charge < -0.3 is 0 Å². The third-order valence-electron chi connectivity index (χ3n) is 2.62. The Morgan fingerprint density at radius 1 is 1.46 bits per heavy atom. The monoisotopic (exact) mass is 175 g/mol. The van der Waals surface area contributed by atoms with Crippen LogP contribution in [0.25, 0.3) is 0 Å². The number of rotatable bonds is 1. The lowest BCUT2D eigenvalue weighted by atomic mass is 10.1. The lowest BCUT2D eigenvalue weighted by Crippen LogP contribution is -2.02. The predicted octanol–water partition coefficient (Wildman–Crippen LogP) is 2.08. The normalized spacial score (nSPS) is 14.3. The Bertz CT molecular complexity index is 369. The molecule has 13 heavy (non-hydrogen) atoms. The number of hydrogen-bond donors (Lipinski definition) is 0. The first-order chi connectivity index (χ1) is 6.18. The van der Waals surface area contributed by atoms with Gasteiger partial charge in [0.1, 0.15) is 0 Å². The van der Waals surface area contributed by atoms with E-state index in [0.717, 1.165) is 24.1 Å². The molecular weight excluding hydrogens is 162 g/mol. The van der Waals surface area contributed by atoms with Crippen LogP contribution in [-0.2, 0) is 12.8 Å². The van der Waals surface area contributed by atoms with Gasteiger partial charge in [0.05, 0.1) is 0 Å². The van der Waals surface area contributed by atoms with Crippen LogP contribution in [0.1, 0.15) is 40.7 Å². The van der Waals surface area contributed by atoms with Crippen LogP contribution in [-0.4, -0.2) is 10.8 Å². The third kappa shape index (κ3) is 1.37. The van der Waals surface area contributed by atoms with Gasteiger partial charge in [0.2, 0.25) is 0 Å². The molecule has 2 nitrogen and oxygen atoms in total. The Labute approximate surface area is 78.0 Å². The summed E-state index contributed by atoms with van der Waals surface area (Å²) in [7, 11) is 0. The highest BCUT2D eigenvalue weighted by Gasteiger charge is 2.15. The van der Waals surface area contributed by atoms with Crippen LogP contribution in [0, 0.1) is 6.92 Å². The Kier molecular flexibility index (Phi) is 1.91. The molecule has 1 heterocycles. The minimum Gasteiger partial charge on any atom is -0.294 e. The molecule has 1 aromatic heterocycles. The second kappa shape index (κ2) is 2.95. The zero-order valence-electron chi connectivity index (χ0n) is 8.05. The summed E-state index contributed by atoms with van der Waals surface area (Å²) in [5.41, 5.74) is 4.15. The molecule has 0 amide bonds. The molecule has 2 rings (SSSR count). The third-order valence-corrected chi connectivity index (χ3v) is 2.62. The molecular formula is C11H13NO. The topological polar surface area (TPSA) is 30.0 Å². The van der Waals surface area contributed by atoms with Crippen molar-refractivity contribution in [1.82, 2.24) is 4.98 Å². The molecule has 0 radical (unpaired) electrons. The van der Waals surface area contributed by atoms with E-state index >= 15 is 0 Å². The summed E-state index contributed by atoms with van der Waals surface area (Å²) in [5.74, 6) is 0.125. The summed E-state index contributed by atoms with van der Waals surface area (Å²) in [6.45, 7) is 3.51. The van der Waals surface area contributed by atoms with Gasteiger partial charge >= 0.3 is 0 Å². The van der Waals surface area contributed by atoms with Gasteiger partial charge in [-0.2, -0.15) is 0 Å². The van der Waals surface area contributed by atoms with Crippen molar-refractivity contribution in [3.05, 3.63) is 28.6 Å². The summed E-state index contributed by atoms with van der Waals surface area (Å²) >= 11 is 0. The molecule has 1 aromatic rings. The number of aryl methyl sites for hydroxylation is 3. The first-order valence-corrected chi connectivity index (χ1v) is 4.69. The van der Waals surface area contributed by atoms with Crippen molar-refractivity contribution in [3.8, 4) is 0 Å². The summed E-state index contributed by atoms with van der Waals surface area (Å²) < 4.78 is 0. The molecule has 0 fully saturated rings. The molecule has 0 atom stereocenters. The standard InChI is InChI=1S/C11H13NO/c1-7-10(8(2)13)6-9-4-3-5-11(9)12-7/h6H,3-5H2,1-2H3. The van der Waals surface area contributed by atoms with E-state index in [1.807, 2.05) is 13.0 Å². The maximum absolute atomic E-state index is 11.2. The minimum absolute atomic E-state index is 0.125. The van der Waals surface area contributed by atoms with Crippen molar-refractivity contribution in [2.45, 2.75) is 33.1 Å².